The summed E-state index contributed by atoms with van der Waals surface area (Å²) in [5.41, 5.74) is 8.05. The van der Waals surface area contributed by atoms with Gasteiger partial charge in [0, 0.05) is 47.8 Å². The molecule has 1 aliphatic rings. The van der Waals surface area contributed by atoms with Gasteiger partial charge in [0.2, 0.25) is 0 Å². The standard InChI is InChI=1S/C24H24N4O/c1-16-4-3-5-22-23(16)20(24(29)28-22)15-27-19-6-7-21(17(2)14-19)26-13-10-18-8-11-25-12-9-18/h3-9,11-12,14-15,26-27H,10,13H2,1-2H3,(H,28,29). The molecule has 0 fully saturated rings. The van der Waals surface area contributed by atoms with Crippen LogP contribution in [0.5, 0.6) is 0 Å². The third-order valence-electron chi connectivity index (χ3n) is 5.12. The molecule has 5 heteroatoms. The van der Waals surface area contributed by atoms with Crippen molar-refractivity contribution in [2.24, 2.45) is 0 Å². The predicted molar refractivity (Wildman–Crippen MR) is 119 cm³/mol. The molecule has 0 spiro atoms. The fourth-order valence-corrected chi connectivity index (χ4v) is 3.57. The Morgan fingerprint density at radius 2 is 1.86 bits per heavy atom. The lowest BCUT2D eigenvalue weighted by Gasteiger charge is -2.12. The maximum atomic E-state index is 12.3. The van der Waals surface area contributed by atoms with E-state index in [9.17, 15) is 4.79 Å². The van der Waals surface area contributed by atoms with E-state index in [4.69, 9.17) is 0 Å². The number of aryl methyl sites for hydroxylation is 2. The molecule has 0 bridgehead atoms. The van der Waals surface area contributed by atoms with E-state index < -0.39 is 0 Å². The van der Waals surface area contributed by atoms with Gasteiger partial charge in [0.1, 0.15) is 0 Å². The number of pyridine rings is 1. The fourth-order valence-electron chi connectivity index (χ4n) is 3.57. The van der Waals surface area contributed by atoms with Gasteiger partial charge >= 0.3 is 0 Å². The Balaban J connectivity index is 1.43. The summed E-state index contributed by atoms with van der Waals surface area (Å²) in [7, 11) is 0. The zero-order chi connectivity index (χ0) is 20.2. The van der Waals surface area contributed by atoms with Crippen LogP contribution in [0.2, 0.25) is 0 Å². The van der Waals surface area contributed by atoms with Crippen LogP contribution in [-0.4, -0.2) is 17.4 Å². The molecule has 2 heterocycles. The number of rotatable bonds is 6. The zero-order valence-electron chi connectivity index (χ0n) is 16.6. The number of benzene rings is 2. The topological polar surface area (TPSA) is 66.1 Å². The summed E-state index contributed by atoms with van der Waals surface area (Å²) in [6.45, 7) is 4.95. The minimum atomic E-state index is -0.0760. The predicted octanol–water partition coefficient (Wildman–Crippen LogP) is 4.76. The lowest BCUT2D eigenvalue weighted by Crippen LogP contribution is -2.07. The normalized spacial score (nSPS) is 13.9. The average molecular weight is 384 g/mol. The molecular formula is C24H24N4O. The van der Waals surface area contributed by atoms with Crippen molar-refractivity contribution in [3.8, 4) is 0 Å². The number of hydrogen-bond acceptors (Lipinski definition) is 4. The molecule has 0 saturated carbocycles. The highest BCUT2D eigenvalue weighted by Gasteiger charge is 2.25. The largest absolute Gasteiger partial charge is 0.384 e. The van der Waals surface area contributed by atoms with Gasteiger partial charge in [0.25, 0.3) is 5.91 Å². The van der Waals surface area contributed by atoms with E-state index in [1.165, 1.54) is 5.56 Å². The van der Waals surface area contributed by atoms with Crippen molar-refractivity contribution >= 4 is 28.5 Å². The molecule has 4 rings (SSSR count). The van der Waals surface area contributed by atoms with Crippen molar-refractivity contribution in [3.63, 3.8) is 0 Å². The first-order valence-corrected chi connectivity index (χ1v) is 9.73. The molecule has 0 unspecified atom stereocenters. The molecule has 0 atom stereocenters. The summed E-state index contributed by atoms with van der Waals surface area (Å²) in [5, 5.41) is 9.68. The highest BCUT2D eigenvalue weighted by Crippen LogP contribution is 2.34. The zero-order valence-corrected chi connectivity index (χ0v) is 16.6. The van der Waals surface area contributed by atoms with Crippen molar-refractivity contribution in [3.05, 3.63) is 89.4 Å². The Hall–Kier alpha value is -3.60. The van der Waals surface area contributed by atoms with E-state index in [1.807, 2.05) is 55.7 Å². The van der Waals surface area contributed by atoms with Crippen LogP contribution in [0.4, 0.5) is 17.1 Å². The number of anilines is 3. The quantitative estimate of drug-likeness (QED) is 0.536. The van der Waals surface area contributed by atoms with Gasteiger partial charge in [-0.2, -0.15) is 0 Å². The van der Waals surface area contributed by atoms with Gasteiger partial charge in [0.15, 0.2) is 0 Å². The van der Waals surface area contributed by atoms with Crippen LogP contribution < -0.4 is 16.0 Å². The third kappa shape index (κ3) is 4.14. The molecule has 0 aliphatic carbocycles. The number of carbonyl (C=O) groups excluding carboxylic acids is 1. The van der Waals surface area contributed by atoms with Gasteiger partial charge in [0.05, 0.1) is 5.57 Å². The molecular weight excluding hydrogens is 360 g/mol. The Kier molecular flexibility index (Phi) is 5.29. The number of nitrogens with zero attached hydrogens (tertiary/aromatic N) is 1. The lowest BCUT2D eigenvalue weighted by molar-refractivity contribution is -0.110. The smallest absolute Gasteiger partial charge is 0.257 e. The molecule has 5 nitrogen and oxygen atoms in total. The van der Waals surface area contributed by atoms with Gasteiger partial charge in [-0.3, -0.25) is 9.78 Å². The second-order valence-corrected chi connectivity index (χ2v) is 7.22. The molecule has 2 aromatic carbocycles. The number of aromatic nitrogens is 1. The van der Waals surface area contributed by atoms with Crippen LogP contribution in [0.25, 0.3) is 5.57 Å². The van der Waals surface area contributed by atoms with Crippen LogP contribution in [0, 0.1) is 13.8 Å². The average Bonchev–Trinajstić information content (AvgIpc) is 3.05. The van der Waals surface area contributed by atoms with Crippen LogP contribution in [0.3, 0.4) is 0 Å². The molecule has 0 saturated heterocycles. The minimum absolute atomic E-state index is 0.0760. The maximum absolute atomic E-state index is 12.3. The van der Waals surface area contributed by atoms with E-state index in [0.717, 1.165) is 46.7 Å². The maximum Gasteiger partial charge on any atom is 0.257 e. The summed E-state index contributed by atoms with van der Waals surface area (Å²) in [6.07, 6.45) is 6.38. The van der Waals surface area contributed by atoms with Crippen molar-refractivity contribution in [2.45, 2.75) is 20.3 Å². The van der Waals surface area contributed by atoms with Crippen LogP contribution in [0.1, 0.15) is 22.3 Å². The second kappa shape index (κ2) is 8.19. The van der Waals surface area contributed by atoms with Crippen LogP contribution in [-0.2, 0) is 11.2 Å². The van der Waals surface area contributed by atoms with Gasteiger partial charge in [-0.15, -0.1) is 0 Å². The molecule has 1 aromatic heterocycles. The van der Waals surface area contributed by atoms with Crippen molar-refractivity contribution in [2.75, 3.05) is 22.5 Å². The van der Waals surface area contributed by atoms with Crippen LogP contribution >= 0.6 is 0 Å². The summed E-state index contributed by atoms with van der Waals surface area (Å²) in [4.78, 5) is 16.4. The highest BCUT2D eigenvalue weighted by molar-refractivity contribution is 6.32. The highest BCUT2D eigenvalue weighted by atomic mass is 16.2. The van der Waals surface area contributed by atoms with Gasteiger partial charge in [-0.05, 0) is 73.4 Å². The Morgan fingerprint density at radius 1 is 1.03 bits per heavy atom. The van der Waals surface area contributed by atoms with Gasteiger partial charge in [-0.25, -0.2) is 0 Å². The van der Waals surface area contributed by atoms with Gasteiger partial charge < -0.3 is 16.0 Å². The first-order chi connectivity index (χ1) is 14.1. The molecule has 0 radical (unpaired) electrons. The molecule has 29 heavy (non-hydrogen) atoms. The second-order valence-electron chi connectivity index (χ2n) is 7.22. The molecule has 3 N–H and O–H groups in total. The molecule has 146 valence electrons. The van der Waals surface area contributed by atoms with Crippen molar-refractivity contribution in [1.82, 2.24) is 4.98 Å². The van der Waals surface area contributed by atoms with Crippen LogP contribution in [0.15, 0.2) is 67.1 Å². The van der Waals surface area contributed by atoms with E-state index in [2.05, 4.69) is 40.0 Å². The molecule has 1 aliphatic heterocycles. The van der Waals surface area contributed by atoms with E-state index in [0.29, 0.717) is 5.57 Å². The Morgan fingerprint density at radius 3 is 2.66 bits per heavy atom. The number of nitrogens with one attached hydrogen (secondary N) is 3. The number of hydrogen-bond donors (Lipinski definition) is 3. The first kappa shape index (κ1) is 18.7. The van der Waals surface area contributed by atoms with Gasteiger partial charge in [-0.1, -0.05) is 12.1 Å². The minimum Gasteiger partial charge on any atom is -0.384 e. The SMILES string of the molecule is Cc1cc(NC=C2C(=O)Nc3cccc(C)c32)ccc1NCCc1ccncc1. The summed E-state index contributed by atoms with van der Waals surface area (Å²) < 4.78 is 0. The lowest BCUT2D eigenvalue weighted by atomic mass is 10.0. The Labute approximate surface area is 170 Å². The van der Waals surface area contributed by atoms with E-state index in [1.54, 1.807) is 6.20 Å². The number of carbonyl (C=O) groups is 1. The van der Waals surface area contributed by atoms with E-state index in [-0.39, 0.29) is 5.91 Å². The molecule has 3 aromatic rings. The third-order valence-corrected chi connectivity index (χ3v) is 5.12. The van der Waals surface area contributed by atoms with Crippen molar-refractivity contribution in [1.29, 1.82) is 0 Å². The number of fused-ring (bicyclic) bond motifs is 1. The monoisotopic (exact) mass is 384 g/mol. The summed E-state index contributed by atoms with van der Waals surface area (Å²) in [5.74, 6) is -0.0760. The first-order valence-electron chi connectivity index (χ1n) is 9.73. The fraction of sp³-hybridized carbons (Fsp3) is 0.167. The van der Waals surface area contributed by atoms with E-state index >= 15 is 0 Å². The molecule has 1 amide bonds. The van der Waals surface area contributed by atoms with Crippen molar-refractivity contribution < 1.29 is 4.79 Å². The Bertz CT molecular complexity index is 1070. The summed E-state index contributed by atoms with van der Waals surface area (Å²) in [6, 6.07) is 16.1. The number of amides is 1. The summed E-state index contributed by atoms with van der Waals surface area (Å²) >= 11 is 0.